The van der Waals surface area contributed by atoms with E-state index in [1.807, 2.05) is 14.1 Å². The van der Waals surface area contributed by atoms with Crippen LogP contribution in [-0.4, -0.2) is 48.1 Å². The van der Waals surface area contributed by atoms with E-state index in [0.717, 1.165) is 6.54 Å². The van der Waals surface area contributed by atoms with E-state index in [1.165, 1.54) is 12.3 Å². The molecule has 0 bridgehead atoms. The van der Waals surface area contributed by atoms with E-state index in [0.29, 0.717) is 6.54 Å². The van der Waals surface area contributed by atoms with Crippen LogP contribution in [-0.2, 0) is 0 Å². The number of carbonyl (C=O) groups is 1. The molecule has 5 heteroatoms. The van der Waals surface area contributed by atoms with E-state index < -0.39 is 0 Å². The van der Waals surface area contributed by atoms with Crippen LogP contribution in [0.15, 0.2) is 18.3 Å². The van der Waals surface area contributed by atoms with Crippen LogP contribution in [0.5, 0.6) is 5.75 Å². The van der Waals surface area contributed by atoms with Gasteiger partial charge in [-0.15, -0.1) is 0 Å². The first-order valence-corrected chi connectivity index (χ1v) is 5.89. The maximum absolute atomic E-state index is 11.9. The zero-order chi connectivity index (χ0) is 13.8. The minimum absolute atomic E-state index is 0.0381. The normalized spacial score (nSPS) is 11.6. The van der Waals surface area contributed by atoms with Crippen molar-refractivity contribution in [3.63, 3.8) is 0 Å². The minimum atomic E-state index is -0.347. The number of aromatic hydroxyl groups is 1. The number of rotatable bonds is 5. The summed E-state index contributed by atoms with van der Waals surface area (Å²) in [6.45, 7) is 5.54. The third-order valence-corrected chi connectivity index (χ3v) is 2.47. The van der Waals surface area contributed by atoms with Crippen molar-refractivity contribution in [3.05, 3.63) is 24.0 Å². The number of amides is 1. The van der Waals surface area contributed by atoms with Gasteiger partial charge in [-0.05, 0) is 31.6 Å². The largest absolute Gasteiger partial charge is 0.505 e. The maximum atomic E-state index is 11.9. The van der Waals surface area contributed by atoms with Crippen LogP contribution in [0.1, 0.15) is 24.3 Å². The zero-order valence-corrected chi connectivity index (χ0v) is 11.4. The molecule has 0 saturated carbocycles. The number of nitrogens with zero attached hydrogens (tertiary/aromatic N) is 2. The van der Waals surface area contributed by atoms with E-state index in [4.69, 9.17) is 0 Å². The number of carbonyl (C=O) groups excluding carboxylic acids is 1. The molecule has 0 aromatic carbocycles. The highest BCUT2D eigenvalue weighted by atomic mass is 16.3. The van der Waals surface area contributed by atoms with Crippen LogP contribution in [0.2, 0.25) is 0 Å². The molecule has 1 rings (SSSR count). The number of nitrogens with one attached hydrogen (secondary N) is 1. The standard InChI is InChI=1S/C13H21N3O2/c1-13(2,9-16(3)4)8-15-12(18)11-10(17)6-5-7-14-11/h5-7,17H,8-9H2,1-4H3,(H,15,18). The van der Waals surface area contributed by atoms with E-state index in [2.05, 4.69) is 29.0 Å². The van der Waals surface area contributed by atoms with Gasteiger partial charge >= 0.3 is 0 Å². The van der Waals surface area contributed by atoms with Crippen molar-refractivity contribution in [2.45, 2.75) is 13.8 Å². The molecule has 0 spiro atoms. The van der Waals surface area contributed by atoms with Gasteiger partial charge in [0.25, 0.3) is 5.91 Å². The molecule has 0 unspecified atom stereocenters. The van der Waals surface area contributed by atoms with Gasteiger partial charge in [-0.25, -0.2) is 4.98 Å². The molecule has 1 amide bonds. The molecule has 1 aromatic rings. The molecule has 0 atom stereocenters. The quantitative estimate of drug-likeness (QED) is 0.822. The van der Waals surface area contributed by atoms with Gasteiger partial charge in [0.2, 0.25) is 0 Å². The molecule has 1 heterocycles. The fraction of sp³-hybridized carbons (Fsp3) is 0.538. The molecule has 0 saturated heterocycles. The average Bonchev–Trinajstić information content (AvgIpc) is 2.25. The lowest BCUT2D eigenvalue weighted by Gasteiger charge is -2.28. The summed E-state index contributed by atoms with van der Waals surface area (Å²) >= 11 is 0. The lowest BCUT2D eigenvalue weighted by atomic mass is 9.93. The fourth-order valence-corrected chi connectivity index (χ4v) is 1.89. The second-order valence-electron chi connectivity index (χ2n) is 5.46. The topological polar surface area (TPSA) is 65.5 Å². The Balaban J connectivity index is 2.59. The van der Waals surface area contributed by atoms with Gasteiger partial charge in [0.05, 0.1) is 0 Å². The zero-order valence-electron chi connectivity index (χ0n) is 11.4. The predicted molar refractivity (Wildman–Crippen MR) is 70.6 cm³/mol. The van der Waals surface area contributed by atoms with Gasteiger partial charge in [-0.1, -0.05) is 13.8 Å². The molecule has 18 heavy (non-hydrogen) atoms. The molecule has 1 aromatic heterocycles. The molecule has 0 aliphatic carbocycles. The molecule has 2 N–H and O–H groups in total. The number of hydrogen-bond donors (Lipinski definition) is 2. The van der Waals surface area contributed by atoms with Gasteiger partial charge in [0.1, 0.15) is 5.75 Å². The lowest BCUT2D eigenvalue weighted by Crippen LogP contribution is -2.40. The Kier molecular flexibility index (Phi) is 4.67. The first-order chi connectivity index (χ1) is 8.32. The van der Waals surface area contributed by atoms with Crippen molar-refractivity contribution in [3.8, 4) is 5.75 Å². The monoisotopic (exact) mass is 251 g/mol. The molecular formula is C13H21N3O2. The highest BCUT2D eigenvalue weighted by molar-refractivity contribution is 5.94. The summed E-state index contributed by atoms with van der Waals surface area (Å²) in [5.41, 5.74) is 0.0296. The number of aromatic nitrogens is 1. The molecule has 0 aliphatic rings. The second-order valence-corrected chi connectivity index (χ2v) is 5.46. The Hall–Kier alpha value is -1.62. The maximum Gasteiger partial charge on any atom is 0.273 e. The summed E-state index contributed by atoms with van der Waals surface area (Å²) < 4.78 is 0. The summed E-state index contributed by atoms with van der Waals surface area (Å²) in [6, 6.07) is 3.04. The highest BCUT2D eigenvalue weighted by Crippen LogP contribution is 2.16. The molecule has 0 aliphatic heterocycles. The van der Waals surface area contributed by atoms with Crippen LogP contribution in [0.3, 0.4) is 0 Å². The molecule has 100 valence electrons. The van der Waals surface area contributed by atoms with E-state index >= 15 is 0 Å². The third kappa shape index (κ3) is 4.33. The second kappa shape index (κ2) is 5.82. The molecule has 0 fully saturated rings. The summed E-state index contributed by atoms with van der Waals surface area (Å²) in [7, 11) is 3.99. The predicted octanol–water partition coefficient (Wildman–Crippen LogP) is 1.10. The summed E-state index contributed by atoms with van der Waals surface area (Å²) in [5, 5.41) is 12.3. The van der Waals surface area contributed by atoms with Gasteiger partial charge in [-0.2, -0.15) is 0 Å². The van der Waals surface area contributed by atoms with Crippen molar-refractivity contribution >= 4 is 5.91 Å². The van der Waals surface area contributed by atoms with E-state index in [-0.39, 0.29) is 22.8 Å². The van der Waals surface area contributed by atoms with Crippen molar-refractivity contribution in [2.75, 3.05) is 27.2 Å². The molecule has 5 nitrogen and oxygen atoms in total. The first-order valence-electron chi connectivity index (χ1n) is 5.89. The third-order valence-electron chi connectivity index (χ3n) is 2.47. The first kappa shape index (κ1) is 14.4. The van der Waals surface area contributed by atoms with Gasteiger partial charge in [0.15, 0.2) is 5.69 Å². The number of pyridine rings is 1. The fourth-order valence-electron chi connectivity index (χ4n) is 1.89. The van der Waals surface area contributed by atoms with Crippen LogP contribution in [0.25, 0.3) is 0 Å². The minimum Gasteiger partial charge on any atom is -0.505 e. The highest BCUT2D eigenvalue weighted by Gasteiger charge is 2.21. The van der Waals surface area contributed by atoms with Crippen LogP contribution in [0.4, 0.5) is 0 Å². The smallest absolute Gasteiger partial charge is 0.273 e. The van der Waals surface area contributed by atoms with Gasteiger partial charge in [-0.3, -0.25) is 4.79 Å². The lowest BCUT2D eigenvalue weighted by molar-refractivity contribution is 0.0921. The molecular weight excluding hydrogens is 230 g/mol. The van der Waals surface area contributed by atoms with Crippen molar-refractivity contribution in [1.82, 2.24) is 15.2 Å². The average molecular weight is 251 g/mol. The Morgan fingerprint density at radius 1 is 1.50 bits per heavy atom. The van der Waals surface area contributed by atoms with Gasteiger partial charge < -0.3 is 15.3 Å². The van der Waals surface area contributed by atoms with E-state index in [1.54, 1.807) is 6.07 Å². The van der Waals surface area contributed by atoms with Crippen molar-refractivity contribution < 1.29 is 9.90 Å². The summed E-state index contributed by atoms with van der Waals surface area (Å²) in [4.78, 5) is 17.8. The Labute approximate surface area is 108 Å². The van der Waals surface area contributed by atoms with Crippen molar-refractivity contribution in [1.29, 1.82) is 0 Å². The van der Waals surface area contributed by atoms with E-state index in [9.17, 15) is 9.90 Å². The van der Waals surface area contributed by atoms with Gasteiger partial charge in [0, 0.05) is 19.3 Å². The summed E-state index contributed by atoms with van der Waals surface area (Å²) in [5.74, 6) is -0.444. The summed E-state index contributed by atoms with van der Waals surface area (Å²) in [6.07, 6.45) is 1.49. The SMILES string of the molecule is CN(C)CC(C)(C)CNC(=O)c1ncccc1O. The number of hydrogen-bond acceptors (Lipinski definition) is 4. The Morgan fingerprint density at radius 2 is 2.17 bits per heavy atom. The molecule has 0 radical (unpaired) electrons. The Bertz CT molecular complexity index is 416. The van der Waals surface area contributed by atoms with Crippen molar-refractivity contribution in [2.24, 2.45) is 5.41 Å². The van der Waals surface area contributed by atoms with Crippen LogP contribution >= 0.6 is 0 Å². The van der Waals surface area contributed by atoms with Crippen LogP contribution < -0.4 is 5.32 Å². The Morgan fingerprint density at radius 3 is 2.72 bits per heavy atom. The van der Waals surface area contributed by atoms with Crippen LogP contribution in [0, 0.1) is 5.41 Å².